The van der Waals surface area contributed by atoms with E-state index in [1.165, 1.54) is 6.92 Å². The zero-order chi connectivity index (χ0) is 28.1. The topological polar surface area (TPSA) is 113 Å². The molecule has 0 unspecified atom stereocenters. The van der Waals surface area contributed by atoms with E-state index in [0.29, 0.717) is 34.5 Å². The van der Waals surface area contributed by atoms with Crippen LogP contribution in [0.2, 0.25) is 5.15 Å². The van der Waals surface area contributed by atoms with Crippen molar-refractivity contribution in [1.29, 1.82) is 0 Å². The number of imidazole rings is 1. The van der Waals surface area contributed by atoms with E-state index in [-0.39, 0.29) is 42.8 Å². The van der Waals surface area contributed by atoms with Crippen LogP contribution in [0.25, 0.3) is 11.3 Å². The van der Waals surface area contributed by atoms with Crippen molar-refractivity contribution in [1.82, 2.24) is 15.3 Å². The molecule has 3 aromatic rings. The Morgan fingerprint density at radius 1 is 1.18 bits per heavy atom. The maximum Gasteiger partial charge on any atom is 0.310 e. The third-order valence-electron chi connectivity index (χ3n) is 6.07. The fraction of sp³-hybridized carbons (Fsp3) is 0.286. The second kappa shape index (κ2) is 12.2. The molecular weight excluding hydrogens is 530 g/mol. The fourth-order valence-corrected chi connectivity index (χ4v) is 4.51. The van der Waals surface area contributed by atoms with Gasteiger partial charge in [-0.3, -0.25) is 14.4 Å². The summed E-state index contributed by atoms with van der Waals surface area (Å²) in [6.07, 6.45) is 4.34. The summed E-state index contributed by atoms with van der Waals surface area (Å²) in [5.74, 6) is -3.29. The van der Waals surface area contributed by atoms with Crippen LogP contribution in [-0.2, 0) is 20.7 Å². The number of hydrogen-bond acceptors (Lipinski definition) is 5. The molecule has 0 saturated heterocycles. The maximum absolute atomic E-state index is 14.5. The third-order valence-corrected chi connectivity index (χ3v) is 6.34. The molecule has 1 aliphatic heterocycles. The van der Waals surface area contributed by atoms with E-state index in [9.17, 15) is 23.2 Å². The molecule has 2 heterocycles. The van der Waals surface area contributed by atoms with E-state index in [2.05, 4.69) is 20.6 Å². The van der Waals surface area contributed by atoms with Gasteiger partial charge in [0.1, 0.15) is 33.9 Å². The molecule has 0 saturated carbocycles. The summed E-state index contributed by atoms with van der Waals surface area (Å²) in [5, 5.41) is 5.64. The molecule has 2 bridgehead atoms. The van der Waals surface area contributed by atoms with E-state index in [1.54, 1.807) is 37.3 Å². The number of H-pyrrole nitrogens is 1. The highest BCUT2D eigenvalue weighted by Gasteiger charge is 2.25. The zero-order valence-electron chi connectivity index (χ0n) is 21.4. The number of esters is 1. The number of fused-ring (bicyclic) bond motifs is 4. The first-order valence-electron chi connectivity index (χ1n) is 12.4. The van der Waals surface area contributed by atoms with Crippen LogP contribution >= 0.6 is 11.6 Å². The number of allylic oxidation sites excluding steroid dienone is 1. The number of benzene rings is 2. The Labute approximate surface area is 228 Å². The van der Waals surface area contributed by atoms with E-state index >= 15 is 0 Å². The van der Waals surface area contributed by atoms with Crippen LogP contribution in [0.4, 0.5) is 14.5 Å². The first kappa shape index (κ1) is 28.0. The Bertz CT molecular complexity index is 1430. The van der Waals surface area contributed by atoms with Crippen LogP contribution in [0, 0.1) is 18.6 Å². The van der Waals surface area contributed by atoms with Gasteiger partial charge in [-0.2, -0.15) is 0 Å². The largest absolute Gasteiger partial charge is 0.466 e. The van der Waals surface area contributed by atoms with Crippen LogP contribution in [0.3, 0.4) is 0 Å². The number of aryl methyl sites for hydroxylation is 1. The Balaban J connectivity index is 1.72. The summed E-state index contributed by atoms with van der Waals surface area (Å²) in [4.78, 5) is 45.1. The van der Waals surface area contributed by atoms with Crippen molar-refractivity contribution in [2.24, 2.45) is 0 Å². The van der Waals surface area contributed by atoms with Gasteiger partial charge in [0.2, 0.25) is 5.91 Å². The highest BCUT2D eigenvalue weighted by molar-refractivity contribution is 6.32. The number of amides is 2. The number of halogens is 3. The lowest BCUT2D eigenvalue weighted by atomic mass is 10.0. The zero-order valence-corrected chi connectivity index (χ0v) is 22.1. The molecule has 0 spiro atoms. The highest BCUT2D eigenvalue weighted by Crippen LogP contribution is 2.35. The standard InChI is InChI=1S/C28H27ClF2N4O4/c1-3-39-23(37)14-16-9-10-17-21(13-16)32-22(36)8-6-4-5-7-20(27-34-25(17)26(29)35-27)33-28(38)24-18(30)11-15(2)12-19(24)31/h4-5,9-13,20H,3,6-8,14H2,1-2H3,(H,32,36)(H,33,38)(H,34,35)/b5-4+/t20-/m0/s1. The number of carbonyl (C=O) groups excluding carboxylic acids is 3. The van der Waals surface area contributed by atoms with Gasteiger partial charge >= 0.3 is 5.97 Å². The highest BCUT2D eigenvalue weighted by atomic mass is 35.5. The molecule has 2 amide bonds. The van der Waals surface area contributed by atoms with Gasteiger partial charge < -0.3 is 20.4 Å². The molecule has 1 aliphatic rings. The van der Waals surface area contributed by atoms with E-state index in [0.717, 1.165) is 12.1 Å². The molecule has 4 rings (SSSR count). The molecule has 11 heteroatoms. The van der Waals surface area contributed by atoms with Crippen LogP contribution in [0.15, 0.2) is 42.5 Å². The number of aromatic amines is 1. The molecule has 204 valence electrons. The Morgan fingerprint density at radius 2 is 1.92 bits per heavy atom. The summed E-state index contributed by atoms with van der Waals surface area (Å²) in [6, 6.07) is 6.40. The minimum atomic E-state index is -0.972. The Hall–Kier alpha value is -4.05. The summed E-state index contributed by atoms with van der Waals surface area (Å²) in [7, 11) is 0. The monoisotopic (exact) mass is 556 g/mol. The van der Waals surface area contributed by atoms with Crippen molar-refractivity contribution >= 4 is 35.1 Å². The fourth-order valence-electron chi connectivity index (χ4n) is 4.27. The Kier molecular flexibility index (Phi) is 8.75. The van der Waals surface area contributed by atoms with Gasteiger partial charge in [-0.25, -0.2) is 13.8 Å². The first-order valence-corrected chi connectivity index (χ1v) is 12.8. The lowest BCUT2D eigenvalue weighted by Gasteiger charge is -2.16. The maximum atomic E-state index is 14.5. The molecule has 8 nitrogen and oxygen atoms in total. The van der Waals surface area contributed by atoms with E-state index in [4.69, 9.17) is 16.3 Å². The lowest BCUT2D eigenvalue weighted by Crippen LogP contribution is -2.30. The van der Waals surface area contributed by atoms with Gasteiger partial charge in [0.25, 0.3) is 5.91 Å². The second-order valence-corrected chi connectivity index (χ2v) is 9.45. The van der Waals surface area contributed by atoms with Gasteiger partial charge in [0, 0.05) is 12.0 Å². The number of nitrogens with one attached hydrogen (secondary N) is 3. The van der Waals surface area contributed by atoms with Crippen molar-refractivity contribution in [3.05, 3.63) is 81.8 Å². The predicted molar refractivity (Wildman–Crippen MR) is 142 cm³/mol. The van der Waals surface area contributed by atoms with Crippen molar-refractivity contribution < 1.29 is 27.9 Å². The molecule has 2 aromatic carbocycles. The SMILES string of the molecule is CCOC(=O)Cc1ccc2c(c1)NC(=O)CC/C=C/C[C@H](NC(=O)c1c(F)cc(C)cc1F)c1nc-2c(Cl)[nH]1. The van der Waals surface area contributed by atoms with E-state index < -0.39 is 35.1 Å². The quantitative estimate of drug-likeness (QED) is 0.281. The number of aromatic nitrogens is 2. The van der Waals surface area contributed by atoms with Crippen LogP contribution < -0.4 is 10.6 Å². The Morgan fingerprint density at radius 3 is 2.64 bits per heavy atom. The number of nitrogens with zero attached hydrogens (tertiary/aromatic N) is 1. The molecule has 1 atom stereocenters. The molecule has 1 aromatic heterocycles. The molecule has 3 N–H and O–H groups in total. The van der Waals surface area contributed by atoms with Crippen molar-refractivity contribution in [2.45, 2.75) is 45.6 Å². The lowest BCUT2D eigenvalue weighted by molar-refractivity contribution is -0.142. The van der Waals surface area contributed by atoms with Crippen LogP contribution in [0.1, 0.15) is 59.5 Å². The number of ether oxygens (including phenoxy) is 1. The normalized spacial score (nSPS) is 16.1. The van der Waals surface area contributed by atoms with Gasteiger partial charge in [0.05, 0.1) is 24.8 Å². The van der Waals surface area contributed by atoms with Crippen molar-refractivity contribution in [2.75, 3.05) is 11.9 Å². The first-order chi connectivity index (χ1) is 18.7. The molecule has 0 aliphatic carbocycles. The molecular formula is C28H27ClF2N4O4. The average Bonchev–Trinajstić information content (AvgIpc) is 3.23. The van der Waals surface area contributed by atoms with Crippen molar-refractivity contribution in [3.63, 3.8) is 0 Å². The average molecular weight is 557 g/mol. The predicted octanol–water partition coefficient (Wildman–Crippen LogP) is 5.57. The summed E-state index contributed by atoms with van der Waals surface area (Å²) >= 11 is 6.51. The third kappa shape index (κ3) is 6.69. The summed E-state index contributed by atoms with van der Waals surface area (Å²) in [6.45, 7) is 3.49. The smallest absolute Gasteiger partial charge is 0.310 e. The van der Waals surface area contributed by atoms with Gasteiger partial charge in [-0.1, -0.05) is 35.9 Å². The number of carbonyl (C=O) groups is 3. The van der Waals surface area contributed by atoms with Crippen LogP contribution in [0.5, 0.6) is 0 Å². The molecule has 39 heavy (non-hydrogen) atoms. The van der Waals surface area contributed by atoms with Gasteiger partial charge in [-0.15, -0.1) is 0 Å². The van der Waals surface area contributed by atoms with Crippen molar-refractivity contribution in [3.8, 4) is 11.3 Å². The minimum Gasteiger partial charge on any atom is -0.466 e. The molecule has 0 radical (unpaired) electrons. The van der Waals surface area contributed by atoms with Gasteiger partial charge in [0.15, 0.2) is 0 Å². The van der Waals surface area contributed by atoms with E-state index in [1.807, 2.05) is 0 Å². The second-order valence-electron chi connectivity index (χ2n) is 9.07. The minimum absolute atomic E-state index is 0.0134. The molecule has 0 fully saturated rings. The summed E-state index contributed by atoms with van der Waals surface area (Å²) < 4.78 is 34.0. The number of anilines is 1. The summed E-state index contributed by atoms with van der Waals surface area (Å²) in [5.41, 5.74) is 1.45. The number of hydrogen-bond donors (Lipinski definition) is 3. The van der Waals surface area contributed by atoms with Crippen LogP contribution in [-0.4, -0.2) is 34.4 Å². The van der Waals surface area contributed by atoms with Gasteiger partial charge in [-0.05, 0) is 56.0 Å². The number of rotatable bonds is 5.